The molecule has 2 atom stereocenters. The monoisotopic (exact) mass is 353 g/mol. The number of halogens is 1. The van der Waals surface area contributed by atoms with Crippen LogP contribution in [0.3, 0.4) is 0 Å². The number of likely N-dealkylation sites (tertiary alicyclic amines) is 1. The lowest BCUT2D eigenvalue weighted by atomic mass is 10.2. The molecule has 2 rings (SSSR count). The van der Waals surface area contributed by atoms with E-state index in [1.807, 2.05) is 0 Å². The first-order chi connectivity index (χ1) is 11.3. The zero-order chi connectivity index (χ0) is 17.9. The van der Waals surface area contributed by atoms with E-state index in [9.17, 15) is 19.8 Å². The number of aliphatic hydroxyl groups is 2. The lowest BCUT2D eigenvalue weighted by molar-refractivity contribution is -0.129. The molecular formula is C16H20ClN3O4. The predicted octanol–water partition coefficient (Wildman–Crippen LogP) is 0.551. The quantitative estimate of drug-likeness (QED) is 0.620. The van der Waals surface area contributed by atoms with Crippen molar-refractivity contribution in [3.8, 4) is 0 Å². The Morgan fingerprint density at radius 1 is 1.46 bits per heavy atom. The summed E-state index contributed by atoms with van der Waals surface area (Å²) in [5.74, 6) is -0.815. The van der Waals surface area contributed by atoms with Crippen LogP contribution in [0.1, 0.15) is 28.7 Å². The fourth-order valence-electron chi connectivity index (χ4n) is 2.45. The van der Waals surface area contributed by atoms with Crippen molar-refractivity contribution in [2.24, 2.45) is 0 Å². The molecule has 0 radical (unpaired) electrons. The fraction of sp³-hybridized carbons (Fsp3) is 0.375. The van der Waals surface area contributed by atoms with Crippen molar-refractivity contribution >= 4 is 35.6 Å². The first kappa shape index (κ1) is 18.3. The third-order valence-corrected chi connectivity index (χ3v) is 3.80. The summed E-state index contributed by atoms with van der Waals surface area (Å²) in [5.41, 5.74) is 1.65. The van der Waals surface area contributed by atoms with Gasteiger partial charge in [0, 0.05) is 29.4 Å². The summed E-state index contributed by atoms with van der Waals surface area (Å²) in [7, 11) is 0. The van der Waals surface area contributed by atoms with E-state index in [1.54, 1.807) is 25.1 Å². The van der Waals surface area contributed by atoms with Gasteiger partial charge in [0.05, 0.1) is 18.8 Å². The third-order valence-electron chi connectivity index (χ3n) is 3.70. The van der Waals surface area contributed by atoms with Crippen LogP contribution in [0.4, 0.5) is 0 Å². The minimum absolute atomic E-state index is 0.0585. The van der Waals surface area contributed by atoms with Gasteiger partial charge in [0.2, 0.25) is 5.91 Å². The van der Waals surface area contributed by atoms with Crippen molar-refractivity contribution in [3.05, 3.63) is 34.6 Å². The van der Waals surface area contributed by atoms with Gasteiger partial charge < -0.3 is 25.4 Å². The number of nitrogens with zero attached hydrogens (tertiary/aromatic N) is 1. The van der Waals surface area contributed by atoms with E-state index in [1.165, 1.54) is 4.90 Å². The first-order valence-electron chi connectivity index (χ1n) is 7.43. The molecule has 2 unspecified atom stereocenters. The highest BCUT2D eigenvalue weighted by Gasteiger charge is 2.32. The second-order valence-electron chi connectivity index (χ2n) is 5.60. The summed E-state index contributed by atoms with van der Waals surface area (Å²) >= 11 is 5.85. The predicted molar refractivity (Wildman–Crippen MR) is 91.3 cm³/mol. The molecule has 0 bridgehead atoms. The molecule has 1 fully saturated rings. The topological polar surface area (TPSA) is 106 Å². The molecule has 1 aliphatic rings. The third kappa shape index (κ3) is 4.25. The van der Waals surface area contributed by atoms with Crippen LogP contribution in [-0.2, 0) is 4.79 Å². The van der Waals surface area contributed by atoms with Crippen molar-refractivity contribution in [2.45, 2.75) is 19.1 Å². The summed E-state index contributed by atoms with van der Waals surface area (Å²) in [4.78, 5) is 28.4. The number of hydrogen-bond acceptors (Lipinski definition) is 4. The van der Waals surface area contributed by atoms with Crippen LogP contribution in [0, 0.1) is 0 Å². The maximum absolute atomic E-state index is 12.2. The lowest BCUT2D eigenvalue weighted by Crippen LogP contribution is -2.39. The molecular weight excluding hydrogens is 334 g/mol. The first-order valence-corrected chi connectivity index (χ1v) is 7.81. The van der Waals surface area contributed by atoms with E-state index >= 15 is 0 Å². The molecule has 130 valence electrons. The Labute approximate surface area is 144 Å². The van der Waals surface area contributed by atoms with Crippen LogP contribution in [-0.4, -0.2) is 63.8 Å². The van der Waals surface area contributed by atoms with Gasteiger partial charge in [-0.25, -0.2) is 0 Å². The maximum Gasteiger partial charge on any atom is 0.268 e. The minimum atomic E-state index is -0.948. The van der Waals surface area contributed by atoms with Crippen LogP contribution in [0.2, 0.25) is 0 Å². The van der Waals surface area contributed by atoms with Crippen LogP contribution in [0.15, 0.2) is 17.7 Å². The molecule has 0 saturated carbocycles. The number of carbonyl (C=O) groups is 2. The van der Waals surface area contributed by atoms with Gasteiger partial charge in [0.15, 0.2) is 0 Å². The number of amides is 2. The molecule has 0 spiro atoms. The smallest absolute Gasteiger partial charge is 0.268 e. The highest BCUT2D eigenvalue weighted by molar-refractivity contribution is 6.31. The molecule has 24 heavy (non-hydrogen) atoms. The Morgan fingerprint density at radius 3 is 2.62 bits per heavy atom. The Morgan fingerprint density at radius 2 is 2.08 bits per heavy atom. The van der Waals surface area contributed by atoms with Gasteiger partial charge in [0.1, 0.15) is 5.69 Å². The minimum Gasteiger partial charge on any atom is -0.388 e. The molecule has 1 aromatic rings. The van der Waals surface area contributed by atoms with E-state index < -0.39 is 18.1 Å². The average molecular weight is 354 g/mol. The van der Waals surface area contributed by atoms with Gasteiger partial charge in [-0.3, -0.25) is 9.59 Å². The van der Waals surface area contributed by atoms with Crippen molar-refractivity contribution in [2.75, 3.05) is 19.6 Å². The highest BCUT2D eigenvalue weighted by atomic mass is 35.5. The van der Waals surface area contributed by atoms with E-state index in [4.69, 9.17) is 11.6 Å². The summed E-state index contributed by atoms with van der Waals surface area (Å²) in [5, 5.41) is 22.0. The standard InChI is InChI=1S/C16H20ClN3O4/c1-3-11-10(4-9(2)17)5-12(19-11)16(24)18-6-15(23)20-7-13(21)14(22)8-20/h3-5,13-14,19,21-22H,1,6-8H2,2H3,(H,18,24)/b9-4+. The van der Waals surface area contributed by atoms with Crippen LogP contribution in [0.5, 0.6) is 0 Å². The van der Waals surface area contributed by atoms with Crippen molar-refractivity contribution in [1.29, 1.82) is 0 Å². The number of aliphatic hydroxyl groups excluding tert-OH is 2. The highest BCUT2D eigenvalue weighted by Crippen LogP contribution is 2.17. The normalized spacial score (nSPS) is 21.0. The van der Waals surface area contributed by atoms with Crippen molar-refractivity contribution in [1.82, 2.24) is 15.2 Å². The number of aromatic nitrogens is 1. The number of H-pyrrole nitrogens is 1. The molecule has 0 aromatic carbocycles. The van der Waals surface area contributed by atoms with E-state index in [2.05, 4.69) is 16.9 Å². The molecule has 2 heterocycles. The summed E-state index contributed by atoms with van der Waals surface area (Å²) in [6.45, 7) is 5.28. The van der Waals surface area contributed by atoms with Crippen molar-refractivity contribution < 1.29 is 19.8 Å². The molecule has 1 saturated heterocycles. The zero-order valence-corrected chi connectivity index (χ0v) is 14.0. The number of carbonyl (C=O) groups excluding carboxylic acids is 2. The maximum atomic E-state index is 12.2. The van der Waals surface area contributed by atoms with Gasteiger partial charge in [-0.1, -0.05) is 18.2 Å². The van der Waals surface area contributed by atoms with Gasteiger partial charge in [-0.05, 0) is 25.1 Å². The SMILES string of the molecule is C=Cc1[nH]c(C(=O)NCC(=O)N2CC(O)C(O)C2)cc1/C=C(\C)Cl. The van der Waals surface area contributed by atoms with E-state index in [-0.39, 0.29) is 31.2 Å². The van der Waals surface area contributed by atoms with Crippen LogP contribution >= 0.6 is 11.6 Å². The largest absolute Gasteiger partial charge is 0.388 e. The number of nitrogens with one attached hydrogen (secondary N) is 2. The summed E-state index contributed by atoms with van der Waals surface area (Å²) in [6, 6.07) is 1.62. The second kappa shape index (κ2) is 7.65. The number of rotatable bonds is 5. The second-order valence-corrected chi connectivity index (χ2v) is 6.20. The Kier molecular flexibility index (Phi) is 5.82. The lowest BCUT2D eigenvalue weighted by Gasteiger charge is -2.15. The van der Waals surface area contributed by atoms with Crippen LogP contribution < -0.4 is 5.32 Å². The molecule has 7 nitrogen and oxygen atoms in total. The molecule has 1 aromatic heterocycles. The fourth-order valence-corrected chi connectivity index (χ4v) is 2.57. The summed E-state index contributed by atoms with van der Waals surface area (Å²) in [6.07, 6.45) is 1.37. The Balaban J connectivity index is 1.98. The van der Waals surface area contributed by atoms with E-state index in [0.29, 0.717) is 10.7 Å². The van der Waals surface area contributed by atoms with Gasteiger partial charge in [-0.15, -0.1) is 0 Å². The van der Waals surface area contributed by atoms with Crippen molar-refractivity contribution in [3.63, 3.8) is 0 Å². The van der Waals surface area contributed by atoms with Crippen LogP contribution in [0.25, 0.3) is 12.2 Å². The zero-order valence-electron chi connectivity index (χ0n) is 13.3. The number of allylic oxidation sites excluding steroid dienone is 1. The average Bonchev–Trinajstić information content (AvgIpc) is 3.07. The Hall–Kier alpha value is -2.09. The van der Waals surface area contributed by atoms with E-state index in [0.717, 1.165) is 5.56 Å². The van der Waals surface area contributed by atoms with Gasteiger partial charge in [0.25, 0.3) is 5.91 Å². The molecule has 8 heteroatoms. The number of hydrogen-bond donors (Lipinski definition) is 4. The molecule has 1 aliphatic heterocycles. The number of aromatic amines is 1. The Bertz CT molecular complexity index is 669. The van der Waals surface area contributed by atoms with Gasteiger partial charge in [-0.2, -0.15) is 0 Å². The molecule has 0 aliphatic carbocycles. The van der Waals surface area contributed by atoms with Gasteiger partial charge >= 0.3 is 0 Å². The summed E-state index contributed by atoms with van der Waals surface area (Å²) < 4.78 is 0. The number of β-amino-alcohol motifs (C(OH)–C–C–N with tert-alkyl or cyclic N) is 2. The molecule has 2 amide bonds. The molecule has 4 N–H and O–H groups in total.